The Labute approximate surface area is 124 Å². The van der Waals surface area contributed by atoms with Gasteiger partial charge in [0, 0.05) is 13.0 Å². The van der Waals surface area contributed by atoms with Crippen LogP contribution in [0, 0.1) is 0 Å². The first-order valence-electron chi connectivity index (χ1n) is 7.02. The van der Waals surface area contributed by atoms with E-state index in [1.54, 1.807) is 0 Å². The van der Waals surface area contributed by atoms with Crippen LogP contribution in [0.15, 0.2) is 30.3 Å². The van der Waals surface area contributed by atoms with Gasteiger partial charge in [-0.2, -0.15) is 0 Å². The third-order valence-corrected chi connectivity index (χ3v) is 3.12. The lowest BCUT2D eigenvalue weighted by Gasteiger charge is -2.22. The molecule has 0 bridgehead atoms. The normalized spacial score (nSPS) is 12.4. The molecule has 112 valence electrons. The summed E-state index contributed by atoms with van der Waals surface area (Å²) in [6.07, 6.45) is 0.722. The molecule has 6 nitrogen and oxygen atoms in total. The van der Waals surface area contributed by atoms with Gasteiger partial charge in [0.25, 0.3) is 5.91 Å². The van der Waals surface area contributed by atoms with Gasteiger partial charge in [-0.3, -0.25) is 9.89 Å². The van der Waals surface area contributed by atoms with Gasteiger partial charge in [0.1, 0.15) is 5.82 Å². The number of nitrogens with zero attached hydrogens (tertiary/aromatic N) is 3. The van der Waals surface area contributed by atoms with E-state index in [1.165, 1.54) is 0 Å². The molecule has 1 heterocycles. The summed E-state index contributed by atoms with van der Waals surface area (Å²) in [7, 11) is 3.95. The van der Waals surface area contributed by atoms with Gasteiger partial charge in [0.2, 0.25) is 5.82 Å². The Balaban J connectivity index is 2.13. The Morgan fingerprint density at radius 3 is 2.62 bits per heavy atom. The zero-order valence-electron chi connectivity index (χ0n) is 12.6. The van der Waals surface area contributed by atoms with Crippen molar-refractivity contribution >= 4 is 5.91 Å². The van der Waals surface area contributed by atoms with Crippen molar-refractivity contribution in [3.8, 4) is 0 Å². The molecule has 0 aliphatic heterocycles. The van der Waals surface area contributed by atoms with Crippen molar-refractivity contribution in [2.24, 2.45) is 0 Å². The molecule has 0 fully saturated rings. The highest BCUT2D eigenvalue weighted by atomic mass is 16.2. The second-order valence-corrected chi connectivity index (χ2v) is 5.16. The summed E-state index contributed by atoms with van der Waals surface area (Å²) in [4.78, 5) is 18.5. The molecule has 0 saturated heterocycles. The predicted molar refractivity (Wildman–Crippen MR) is 81.0 cm³/mol. The molecule has 2 N–H and O–H groups in total. The Morgan fingerprint density at radius 1 is 1.33 bits per heavy atom. The van der Waals surface area contributed by atoms with Crippen LogP contribution in [0.5, 0.6) is 0 Å². The standard InChI is InChI=1S/C15H21N5O/c1-4-13-17-14(19-18-13)15(21)16-12(10-20(2)3)11-8-6-5-7-9-11/h5-9,12H,4,10H2,1-3H3,(H,16,21)(H,17,18,19). The van der Waals surface area contributed by atoms with E-state index in [2.05, 4.69) is 20.5 Å². The van der Waals surface area contributed by atoms with E-state index in [4.69, 9.17) is 0 Å². The summed E-state index contributed by atoms with van der Waals surface area (Å²) in [6, 6.07) is 9.80. The summed E-state index contributed by atoms with van der Waals surface area (Å²) >= 11 is 0. The van der Waals surface area contributed by atoms with E-state index in [0.717, 1.165) is 12.0 Å². The molecule has 1 atom stereocenters. The number of aromatic amines is 1. The maximum atomic E-state index is 12.3. The van der Waals surface area contributed by atoms with E-state index in [9.17, 15) is 4.79 Å². The fourth-order valence-corrected chi connectivity index (χ4v) is 2.06. The van der Waals surface area contributed by atoms with Crippen molar-refractivity contribution in [1.82, 2.24) is 25.4 Å². The van der Waals surface area contributed by atoms with Crippen molar-refractivity contribution in [2.75, 3.05) is 20.6 Å². The number of aromatic nitrogens is 3. The number of rotatable bonds is 6. The zero-order chi connectivity index (χ0) is 15.2. The lowest BCUT2D eigenvalue weighted by atomic mass is 10.1. The van der Waals surface area contributed by atoms with Crippen molar-refractivity contribution in [1.29, 1.82) is 0 Å². The van der Waals surface area contributed by atoms with Crippen molar-refractivity contribution in [2.45, 2.75) is 19.4 Å². The molecule has 0 radical (unpaired) electrons. The average molecular weight is 287 g/mol. The minimum Gasteiger partial charge on any atom is -0.341 e. The lowest BCUT2D eigenvalue weighted by molar-refractivity contribution is 0.0919. The summed E-state index contributed by atoms with van der Waals surface area (Å²) in [5.74, 6) is 0.636. The van der Waals surface area contributed by atoms with Crippen molar-refractivity contribution < 1.29 is 4.79 Å². The first kappa shape index (κ1) is 15.2. The highest BCUT2D eigenvalue weighted by Crippen LogP contribution is 2.13. The number of carbonyl (C=O) groups is 1. The molecule has 2 aromatic rings. The number of nitrogens with one attached hydrogen (secondary N) is 2. The van der Waals surface area contributed by atoms with E-state index in [-0.39, 0.29) is 17.8 Å². The zero-order valence-corrected chi connectivity index (χ0v) is 12.6. The summed E-state index contributed by atoms with van der Waals surface area (Å²) in [6.45, 7) is 2.67. The van der Waals surface area contributed by atoms with E-state index in [1.807, 2.05) is 56.3 Å². The third kappa shape index (κ3) is 4.13. The quantitative estimate of drug-likeness (QED) is 0.842. The Kier molecular flexibility index (Phi) is 5.05. The SMILES string of the molecule is CCc1nc(C(=O)NC(CN(C)C)c2ccccc2)n[nH]1. The second-order valence-electron chi connectivity index (χ2n) is 5.16. The molecule has 6 heteroatoms. The van der Waals surface area contributed by atoms with E-state index < -0.39 is 0 Å². The topological polar surface area (TPSA) is 73.9 Å². The number of benzene rings is 1. The van der Waals surface area contributed by atoms with Crippen LogP contribution < -0.4 is 5.32 Å². The maximum absolute atomic E-state index is 12.3. The smallest absolute Gasteiger partial charge is 0.291 e. The van der Waals surface area contributed by atoms with Gasteiger partial charge < -0.3 is 10.2 Å². The first-order chi connectivity index (χ1) is 10.1. The van der Waals surface area contributed by atoms with Crippen molar-refractivity contribution in [3.05, 3.63) is 47.5 Å². The van der Waals surface area contributed by atoms with Gasteiger partial charge in [-0.25, -0.2) is 4.98 Å². The Hall–Kier alpha value is -2.21. The Bertz CT molecular complexity index is 579. The lowest BCUT2D eigenvalue weighted by Crippen LogP contribution is -2.35. The van der Waals surface area contributed by atoms with Crippen molar-refractivity contribution in [3.63, 3.8) is 0 Å². The number of hydrogen-bond acceptors (Lipinski definition) is 4. The number of likely N-dealkylation sites (N-methyl/N-ethyl adjacent to an activating group) is 1. The average Bonchev–Trinajstić information content (AvgIpc) is 2.96. The fraction of sp³-hybridized carbons (Fsp3) is 0.400. The van der Waals surface area contributed by atoms with Gasteiger partial charge in [0.15, 0.2) is 0 Å². The number of amides is 1. The molecule has 1 aromatic heterocycles. The number of H-pyrrole nitrogens is 1. The minimum absolute atomic E-state index is 0.0997. The number of aryl methyl sites for hydroxylation is 1. The van der Waals surface area contributed by atoms with Gasteiger partial charge in [-0.15, -0.1) is 5.10 Å². The molecule has 0 saturated carbocycles. The summed E-state index contributed by atoms with van der Waals surface area (Å²) in [5.41, 5.74) is 1.06. The van der Waals surface area contributed by atoms with Crippen LogP contribution in [0.2, 0.25) is 0 Å². The largest absolute Gasteiger partial charge is 0.341 e. The van der Waals surface area contributed by atoms with Crippen LogP contribution in [0.3, 0.4) is 0 Å². The van der Waals surface area contributed by atoms with Crippen LogP contribution in [0.1, 0.15) is 35.0 Å². The molecule has 1 aromatic carbocycles. The molecule has 0 aliphatic rings. The summed E-state index contributed by atoms with van der Waals surface area (Å²) in [5, 5.41) is 9.70. The monoisotopic (exact) mass is 287 g/mol. The van der Waals surface area contributed by atoms with E-state index >= 15 is 0 Å². The second kappa shape index (κ2) is 6.99. The van der Waals surface area contributed by atoms with Gasteiger partial charge in [0.05, 0.1) is 6.04 Å². The molecule has 0 spiro atoms. The first-order valence-corrected chi connectivity index (χ1v) is 7.02. The third-order valence-electron chi connectivity index (χ3n) is 3.12. The van der Waals surface area contributed by atoms with E-state index in [0.29, 0.717) is 12.4 Å². The van der Waals surface area contributed by atoms with Crippen LogP contribution >= 0.6 is 0 Å². The minimum atomic E-state index is -0.262. The van der Waals surface area contributed by atoms with Crippen LogP contribution in [-0.2, 0) is 6.42 Å². The molecule has 0 aliphatic carbocycles. The number of hydrogen-bond donors (Lipinski definition) is 2. The molecule has 1 amide bonds. The fourth-order valence-electron chi connectivity index (χ4n) is 2.06. The van der Waals surface area contributed by atoms with Gasteiger partial charge >= 0.3 is 0 Å². The molecule has 1 unspecified atom stereocenters. The summed E-state index contributed by atoms with van der Waals surface area (Å²) < 4.78 is 0. The van der Waals surface area contributed by atoms with Gasteiger partial charge in [-0.05, 0) is 19.7 Å². The maximum Gasteiger partial charge on any atom is 0.291 e. The predicted octanol–water partition coefficient (Wildman–Crippen LogP) is 1.40. The van der Waals surface area contributed by atoms with Crippen LogP contribution in [-0.4, -0.2) is 46.6 Å². The van der Waals surface area contributed by atoms with Crippen LogP contribution in [0.25, 0.3) is 0 Å². The Morgan fingerprint density at radius 2 is 2.05 bits per heavy atom. The molecular weight excluding hydrogens is 266 g/mol. The molecule has 21 heavy (non-hydrogen) atoms. The highest BCUT2D eigenvalue weighted by Gasteiger charge is 2.19. The van der Waals surface area contributed by atoms with Crippen LogP contribution in [0.4, 0.5) is 0 Å². The number of carbonyl (C=O) groups excluding carboxylic acids is 1. The highest BCUT2D eigenvalue weighted by molar-refractivity contribution is 5.90. The molecular formula is C15H21N5O. The molecule has 2 rings (SSSR count). The van der Waals surface area contributed by atoms with Gasteiger partial charge in [-0.1, -0.05) is 37.3 Å².